The number of carbonyl (C=O) groups excluding carboxylic acids is 1. The molecule has 3 saturated heterocycles. The molecule has 2 aromatic carbocycles. The molecule has 2 bridgehead atoms. The van der Waals surface area contributed by atoms with Crippen LogP contribution in [0.2, 0.25) is 0 Å². The number of benzene rings is 2. The maximum atomic E-state index is 13.2. The summed E-state index contributed by atoms with van der Waals surface area (Å²) in [6.07, 6.45) is 4.82. The number of likely N-dealkylation sites (N-methyl/N-ethyl adjacent to an activating group) is 1. The smallest absolute Gasteiger partial charge is 0.410 e. The van der Waals surface area contributed by atoms with Crippen molar-refractivity contribution in [1.82, 2.24) is 19.8 Å². The van der Waals surface area contributed by atoms with Gasteiger partial charge in [-0.3, -0.25) is 4.90 Å². The molecule has 0 spiro atoms. The van der Waals surface area contributed by atoms with E-state index in [-0.39, 0.29) is 25.0 Å². The Balaban J connectivity index is 1.21. The molecule has 0 aliphatic carbocycles. The average Bonchev–Trinajstić information content (AvgIpc) is 3.60. The second-order valence-corrected chi connectivity index (χ2v) is 14.8. The Morgan fingerprint density at radius 2 is 1.73 bits per heavy atom. The van der Waals surface area contributed by atoms with Crippen molar-refractivity contribution in [2.75, 3.05) is 63.5 Å². The molecule has 0 N–H and O–H groups in total. The van der Waals surface area contributed by atoms with E-state index in [2.05, 4.69) is 59.0 Å². The number of piperazine rings is 1. The molecule has 0 radical (unpaired) electrons. The van der Waals surface area contributed by atoms with Crippen LogP contribution in [0.3, 0.4) is 0 Å². The van der Waals surface area contributed by atoms with Crippen LogP contribution in [-0.2, 0) is 22.4 Å². The summed E-state index contributed by atoms with van der Waals surface area (Å²) in [4.78, 5) is 32.5. The second kappa shape index (κ2) is 13.2. The van der Waals surface area contributed by atoms with Gasteiger partial charge in [0, 0.05) is 55.5 Å². The Morgan fingerprint density at radius 1 is 0.979 bits per heavy atom. The van der Waals surface area contributed by atoms with E-state index >= 15 is 0 Å². The topological polar surface area (TPSA) is 92.7 Å². The van der Waals surface area contributed by atoms with Gasteiger partial charge in [-0.25, -0.2) is 4.79 Å². The lowest BCUT2D eigenvalue weighted by Gasteiger charge is -2.43. The van der Waals surface area contributed by atoms with Crippen LogP contribution in [0.4, 0.5) is 16.3 Å². The molecule has 48 heavy (non-hydrogen) atoms. The van der Waals surface area contributed by atoms with E-state index in [9.17, 15) is 4.79 Å². The summed E-state index contributed by atoms with van der Waals surface area (Å²) in [5.41, 5.74) is 3.86. The lowest BCUT2D eigenvalue weighted by Crippen LogP contribution is -2.57. The number of nitrogens with zero attached hydrogens (tertiary/aromatic N) is 6. The highest BCUT2D eigenvalue weighted by Gasteiger charge is 2.45. The van der Waals surface area contributed by atoms with Crippen molar-refractivity contribution < 1.29 is 23.7 Å². The number of carbonyl (C=O) groups is 1. The number of hydrogen-bond donors (Lipinski definition) is 0. The van der Waals surface area contributed by atoms with Crippen LogP contribution in [0.25, 0.3) is 10.8 Å². The van der Waals surface area contributed by atoms with Crippen LogP contribution in [0, 0.1) is 6.92 Å². The first kappa shape index (κ1) is 32.7. The van der Waals surface area contributed by atoms with Gasteiger partial charge in [-0.1, -0.05) is 24.3 Å². The summed E-state index contributed by atoms with van der Waals surface area (Å²) in [6.45, 7) is 12.6. The minimum absolute atomic E-state index is 0.0882. The van der Waals surface area contributed by atoms with Gasteiger partial charge in [0.1, 0.15) is 23.8 Å². The van der Waals surface area contributed by atoms with E-state index in [0.29, 0.717) is 25.2 Å². The first-order chi connectivity index (χ1) is 23.1. The molecule has 3 aromatic rings. The molecular weight excluding hydrogens is 608 g/mol. The number of aromatic nitrogens is 2. The molecule has 258 valence electrons. The van der Waals surface area contributed by atoms with Crippen molar-refractivity contribution in [2.45, 2.75) is 90.1 Å². The molecule has 5 heterocycles. The maximum absolute atomic E-state index is 13.2. The zero-order valence-corrected chi connectivity index (χ0v) is 29.3. The van der Waals surface area contributed by atoms with Gasteiger partial charge in [0.25, 0.3) is 0 Å². The molecular formula is C37H50N6O5. The molecule has 0 unspecified atom stereocenters. The number of aryl methyl sites for hydroxylation is 1. The molecule has 11 nitrogen and oxygen atoms in total. The molecule has 3 atom stereocenters. The van der Waals surface area contributed by atoms with Gasteiger partial charge in [0.15, 0.2) is 6.79 Å². The van der Waals surface area contributed by atoms with Crippen LogP contribution in [-0.4, -0.2) is 103 Å². The quantitative estimate of drug-likeness (QED) is 0.287. The lowest BCUT2D eigenvalue weighted by molar-refractivity contribution is 0.0122. The zero-order valence-electron chi connectivity index (χ0n) is 29.3. The van der Waals surface area contributed by atoms with Crippen molar-refractivity contribution in [1.29, 1.82) is 0 Å². The third kappa shape index (κ3) is 6.46. The molecule has 1 amide bonds. The van der Waals surface area contributed by atoms with E-state index in [1.807, 2.05) is 25.7 Å². The summed E-state index contributed by atoms with van der Waals surface area (Å²) in [6, 6.07) is 11.6. The van der Waals surface area contributed by atoms with Crippen LogP contribution in [0.15, 0.2) is 30.3 Å². The minimum atomic E-state index is -0.523. The Bertz CT molecular complexity index is 1650. The molecule has 4 aliphatic heterocycles. The highest BCUT2D eigenvalue weighted by molar-refractivity contribution is 5.98. The molecule has 7 rings (SSSR count). The molecule has 4 aliphatic rings. The predicted octanol–water partition coefficient (Wildman–Crippen LogP) is 5.54. The Labute approximate surface area is 284 Å². The SMILES string of the molecule is COCOc1cc(N2CCc3c(nc(OC[C@@H]4CCCN4C)nc3N3C[C@H]4CC[C@@H](C3)N4C(=O)OC(C)(C)C)C2)c2ccccc2c1C. The number of rotatable bonds is 8. The van der Waals surface area contributed by atoms with Gasteiger partial charge in [-0.05, 0) is 84.3 Å². The first-order valence-electron chi connectivity index (χ1n) is 17.5. The first-order valence-corrected chi connectivity index (χ1v) is 17.5. The van der Waals surface area contributed by atoms with Gasteiger partial charge >= 0.3 is 12.1 Å². The average molecular weight is 659 g/mol. The van der Waals surface area contributed by atoms with E-state index < -0.39 is 5.60 Å². The number of amides is 1. The van der Waals surface area contributed by atoms with Gasteiger partial charge in [0.05, 0.1) is 24.3 Å². The Kier molecular flexibility index (Phi) is 9.02. The lowest BCUT2D eigenvalue weighted by atomic mass is 9.99. The summed E-state index contributed by atoms with van der Waals surface area (Å²) >= 11 is 0. The van der Waals surface area contributed by atoms with E-state index in [1.165, 1.54) is 22.8 Å². The minimum Gasteiger partial charge on any atom is -0.467 e. The highest BCUT2D eigenvalue weighted by Crippen LogP contribution is 2.40. The van der Waals surface area contributed by atoms with Gasteiger partial charge in [-0.15, -0.1) is 0 Å². The molecule has 3 fully saturated rings. The number of methoxy groups -OCH3 is 1. The van der Waals surface area contributed by atoms with Gasteiger partial charge in [0.2, 0.25) is 0 Å². The number of anilines is 2. The molecule has 11 heteroatoms. The monoisotopic (exact) mass is 658 g/mol. The third-order valence-electron chi connectivity index (χ3n) is 10.4. The van der Waals surface area contributed by atoms with E-state index in [1.54, 1.807) is 7.11 Å². The van der Waals surface area contributed by atoms with Crippen LogP contribution >= 0.6 is 0 Å². The normalized spacial score (nSPS) is 22.7. The van der Waals surface area contributed by atoms with Crippen LogP contribution in [0.5, 0.6) is 11.8 Å². The number of hydrogen-bond acceptors (Lipinski definition) is 10. The fourth-order valence-electron chi connectivity index (χ4n) is 7.98. The fraction of sp³-hybridized carbons (Fsp3) is 0.595. The standard InChI is InChI=1S/C37H50N6O5/c1-24-28-11-7-8-12-29(28)32(18-33(24)47-23-45-6)41-17-15-30-31(21-41)38-35(46-22-27-10-9-16-40(27)5)39-34(30)42-19-25-13-14-26(20-42)43(25)36(44)48-37(2,3)4/h7-8,11-12,18,25-27H,9-10,13-17,19-23H2,1-6H3/t25-,26+,27-/m0/s1. The third-order valence-corrected chi connectivity index (χ3v) is 10.4. The molecule has 1 aromatic heterocycles. The summed E-state index contributed by atoms with van der Waals surface area (Å²) < 4.78 is 23.5. The van der Waals surface area contributed by atoms with Crippen molar-refractivity contribution >= 4 is 28.4 Å². The van der Waals surface area contributed by atoms with E-state index in [4.69, 9.17) is 28.9 Å². The highest BCUT2D eigenvalue weighted by atomic mass is 16.7. The van der Waals surface area contributed by atoms with Crippen LogP contribution < -0.4 is 19.3 Å². The number of ether oxygens (including phenoxy) is 4. The number of fused-ring (bicyclic) bond motifs is 4. The Hall–Kier alpha value is -3.83. The Morgan fingerprint density at radius 3 is 2.42 bits per heavy atom. The van der Waals surface area contributed by atoms with Gasteiger partial charge in [-0.2, -0.15) is 9.97 Å². The maximum Gasteiger partial charge on any atom is 0.410 e. The number of likely N-dealkylation sites (tertiary alicyclic amines) is 1. The van der Waals surface area contributed by atoms with Crippen molar-refractivity contribution in [2.24, 2.45) is 0 Å². The predicted molar refractivity (Wildman–Crippen MR) is 186 cm³/mol. The zero-order chi connectivity index (χ0) is 33.6. The summed E-state index contributed by atoms with van der Waals surface area (Å²) in [7, 11) is 3.80. The van der Waals surface area contributed by atoms with Crippen molar-refractivity contribution in [3.05, 3.63) is 47.2 Å². The summed E-state index contributed by atoms with van der Waals surface area (Å²) in [5.74, 6) is 1.77. The molecule has 0 saturated carbocycles. The van der Waals surface area contributed by atoms with Crippen molar-refractivity contribution in [3.8, 4) is 11.8 Å². The largest absolute Gasteiger partial charge is 0.467 e. The van der Waals surface area contributed by atoms with E-state index in [0.717, 1.165) is 80.4 Å². The summed E-state index contributed by atoms with van der Waals surface area (Å²) in [5, 5.41) is 2.35. The van der Waals surface area contributed by atoms with Gasteiger partial charge < -0.3 is 33.6 Å². The van der Waals surface area contributed by atoms with Crippen molar-refractivity contribution in [3.63, 3.8) is 0 Å². The second-order valence-electron chi connectivity index (χ2n) is 14.8. The van der Waals surface area contributed by atoms with Crippen LogP contribution in [0.1, 0.15) is 63.3 Å². The fourth-order valence-corrected chi connectivity index (χ4v) is 7.98.